The molecule has 1 amide bonds. The van der Waals surface area contributed by atoms with E-state index in [1.165, 1.54) is 11.6 Å². The fourth-order valence-electron chi connectivity index (χ4n) is 3.23. The maximum atomic E-state index is 12.7. The molecule has 0 bridgehead atoms. The Morgan fingerprint density at radius 3 is 2.38 bits per heavy atom. The van der Waals surface area contributed by atoms with Crippen LogP contribution in [0.1, 0.15) is 53.9 Å². The van der Waals surface area contributed by atoms with E-state index in [1.807, 2.05) is 13.8 Å². The van der Waals surface area contributed by atoms with Gasteiger partial charge in [0.2, 0.25) is 0 Å². The third-order valence-corrected chi connectivity index (χ3v) is 4.43. The molecule has 0 saturated carbocycles. The first kappa shape index (κ1) is 19.9. The zero-order valence-corrected chi connectivity index (χ0v) is 15.4. The van der Waals surface area contributed by atoms with E-state index in [-0.39, 0.29) is 17.2 Å². The number of amides is 1. The molecule has 0 radical (unpaired) electrons. The topological polar surface area (TPSA) is 57.6 Å². The van der Waals surface area contributed by atoms with Gasteiger partial charge in [-0.1, -0.05) is 45.9 Å². The highest BCUT2D eigenvalue weighted by atomic mass is 16.4. The van der Waals surface area contributed by atoms with Crippen molar-refractivity contribution in [2.24, 2.45) is 11.3 Å². The van der Waals surface area contributed by atoms with E-state index < -0.39 is 5.97 Å². The fraction of sp³-hybridized carbons (Fsp3) is 0.500. The lowest BCUT2D eigenvalue weighted by molar-refractivity contribution is -0.131. The zero-order chi connectivity index (χ0) is 18.5. The van der Waals surface area contributed by atoms with Gasteiger partial charge in [0.05, 0.1) is 0 Å². The molecule has 0 atom stereocenters. The zero-order valence-electron chi connectivity index (χ0n) is 15.4. The van der Waals surface area contributed by atoms with E-state index in [9.17, 15) is 9.59 Å². The summed E-state index contributed by atoms with van der Waals surface area (Å²) in [7, 11) is 0. The number of carbonyl (C=O) groups is 2. The summed E-state index contributed by atoms with van der Waals surface area (Å²) in [6, 6.07) is 0. The number of hydrogen-bond acceptors (Lipinski definition) is 2. The summed E-state index contributed by atoms with van der Waals surface area (Å²) in [5.74, 6) is -1.19. The third kappa shape index (κ3) is 4.95. The Kier molecular flexibility index (Phi) is 6.76. The molecule has 4 heteroatoms. The number of carboxylic acids is 1. The van der Waals surface area contributed by atoms with Crippen molar-refractivity contribution in [2.45, 2.75) is 53.9 Å². The average molecular weight is 331 g/mol. The minimum absolute atomic E-state index is 0.0226. The molecular weight excluding hydrogens is 302 g/mol. The fourth-order valence-corrected chi connectivity index (χ4v) is 3.23. The van der Waals surface area contributed by atoms with Crippen LogP contribution in [-0.2, 0) is 9.59 Å². The Morgan fingerprint density at radius 1 is 1.29 bits per heavy atom. The van der Waals surface area contributed by atoms with E-state index in [1.54, 1.807) is 17.2 Å². The van der Waals surface area contributed by atoms with Crippen LogP contribution in [0.3, 0.4) is 0 Å². The Hall–Kier alpha value is -2.10. The van der Waals surface area contributed by atoms with Crippen LogP contribution in [-0.4, -0.2) is 21.9 Å². The number of hydrogen-bond donors (Lipinski definition) is 1. The molecule has 0 aromatic rings. The van der Waals surface area contributed by atoms with Crippen molar-refractivity contribution in [3.8, 4) is 0 Å². The van der Waals surface area contributed by atoms with Crippen molar-refractivity contribution < 1.29 is 14.7 Å². The van der Waals surface area contributed by atoms with Crippen LogP contribution in [0.5, 0.6) is 0 Å². The highest BCUT2D eigenvalue weighted by molar-refractivity contribution is 5.91. The normalized spacial score (nSPS) is 18.2. The van der Waals surface area contributed by atoms with Crippen molar-refractivity contribution in [3.63, 3.8) is 0 Å². The van der Waals surface area contributed by atoms with Crippen molar-refractivity contribution in [1.29, 1.82) is 0 Å². The predicted molar refractivity (Wildman–Crippen MR) is 97.1 cm³/mol. The SMILES string of the molecule is C=CN(C(=O)/C=C/C(=C\C(=O)O)C(C)C)C1=C(C)CCCC1(C)C. The molecule has 0 aliphatic heterocycles. The summed E-state index contributed by atoms with van der Waals surface area (Å²) in [6.45, 7) is 13.9. The van der Waals surface area contributed by atoms with E-state index in [2.05, 4.69) is 27.4 Å². The van der Waals surface area contributed by atoms with E-state index in [0.717, 1.165) is 31.0 Å². The molecule has 132 valence electrons. The Morgan fingerprint density at radius 2 is 1.92 bits per heavy atom. The number of rotatable bonds is 6. The molecular formula is C20H29NO3. The summed E-state index contributed by atoms with van der Waals surface area (Å²) in [5, 5.41) is 8.93. The second-order valence-electron chi connectivity index (χ2n) is 7.23. The molecule has 24 heavy (non-hydrogen) atoms. The van der Waals surface area contributed by atoms with E-state index in [0.29, 0.717) is 5.57 Å². The summed E-state index contributed by atoms with van der Waals surface area (Å²) in [5.41, 5.74) is 2.73. The van der Waals surface area contributed by atoms with Gasteiger partial charge in [0.1, 0.15) is 0 Å². The van der Waals surface area contributed by atoms with Crippen LogP contribution in [0.2, 0.25) is 0 Å². The van der Waals surface area contributed by atoms with Gasteiger partial charge in [0.15, 0.2) is 0 Å². The molecule has 1 aliphatic rings. The Bertz CT molecular complexity index is 606. The van der Waals surface area contributed by atoms with Crippen LogP contribution in [0, 0.1) is 11.3 Å². The highest BCUT2D eigenvalue weighted by Crippen LogP contribution is 2.42. The number of carbonyl (C=O) groups excluding carboxylic acids is 1. The number of carboxylic acid groups (broad SMARTS) is 1. The molecule has 0 fully saturated rings. The van der Waals surface area contributed by atoms with Gasteiger partial charge >= 0.3 is 5.97 Å². The molecule has 0 saturated heterocycles. The van der Waals surface area contributed by atoms with Gasteiger partial charge in [-0.2, -0.15) is 0 Å². The Balaban J connectivity index is 3.13. The minimum Gasteiger partial charge on any atom is -0.478 e. The molecule has 4 nitrogen and oxygen atoms in total. The molecule has 0 unspecified atom stereocenters. The van der Waals surface area contributed by atoms with E-state index >= 15 is 0 Å². The number of allylic oxidation sites excluding steroid dienone is 4. The first-order chi connectivity index (χ1) is 11.1. The second kappa shape index (κ2) is 8.13. The average Bonchev–Trinajstić information content (AvgIpc) is 2.46. The van der Waals surface area contributed by atoms with Gasteiger partial charge in [0, 0.05) is 29.5 Å². The molecule has 0 spiro atoms. The van der Waals surface area contributed by atoms with Gasteiger partial charge in [-0.05, 0) is 37.7 Å². The lowest BCUT2D eigenvalue weighted by Gasteiger charge is -2.39. The van der Waals surface area contributed by atoms with Gasteiger partial charge in [-0.3, -0.25) is 9.69 Å². The summed E-state index contributed by atoms with van der Waals surface area (Å²) in [4.78, 5) is 25.2. The standard InChI is InChI=1S/C20H29NO3/c1-7-21(19-15(4)9-8-12-20(19,5)6)17(22)11-10-16(14(2)3)13-18(23)24/h7,10-11,13-14H,1,8-9,12H2,2-6H3,(H,23,24)/b11-10+,16-13+. The lowest BCUT2D eigenvalue weighted by Crippen LogP contribution is -2.34. The maximum Gasteiger partial charge on any atom is 0.328 e. The van der Waals surface area contributed by atoms with Crippen LogP contribution in [0.15, 0.2) is 47.9 Å². The maximum absolute atomic E-state index is 12.7. The van der Waals surface area contributed by atoms with Gasteiger partial charge in [-0.25, -0.2) is 4.79 Å². The van der Waals surface area contributed by atoms with E-state index in [4.69, 9.17) is 5.11 Å². The largest absolute Gasteiger partial charge is 0.478 e. The molecule has 1 rings (SSSR count). The molecule has 1 N–H and O–H groups in total. The van der Waals surface area contributed by atoms with Gasteiger partial charge in [0.25, 0.3) is 5.91 Å². The smallest absolute Gasteiger partial charge is 0.328 e. The van der Waals surface area contributed by atoms with Crippen LogP contribution in [0.4, 0.5) is 0 Å². The molecule has 1 aliphatic carbocycles. The summed E-state index contributed by atoms with van der Waals surface area (Å²) < 4.78 is 0. The quantitative estimate of drug-likeness (QED) is 0.568. The number of aliphatic carboxylic acids is 1. The summed E-state index contributed by atoms with van der Waals surface area (Å²) >= 11 is 0. The first-order valence-corrected chi connectivity index (χ1v) is 8.38. The van der Waals surface area contributed by atoms with Crippen molar-refractivity contribution in [2.75, 3.05) is 0 Å². The monoisotopic (exact) mass is 331 g/mol. The van der Waals surface area contributed by atoms with Crippen LogP contribution < -0.4 is 0 Å². The van der Waals surface area contributed by atoms with Crippen molar-refractivity contribution in [3.05, 3.63) is 47.9 Å². The Labute approximate surface area is 145 Å². The second-order valence-corrected chi connectivity index (χ2v) is 7.23. The minimum atomic E-state index is -1.01. The third-order valence-electron chi connectivity index (χ3n) is 4.43. The van der Waals surface area contributed by atoms with Crippen LogP contribution >= 0.6 is 0 Å². The molecule has 0 aromatic carbocycles. The van der Waals surface area contributed by atoms with Gasteiger partial charge in [-0.15, -0.1) is 0 Å². The molecule has 0 heterocycles. The summed E-state index contributed by atoms with van der Waals surface area (Å²) in [6.07, 6.45) is 8.84. The van der Waals surface area contributed by atoms with Crippen LogP contribution in [0.25, 0.3) is 0 Å². The predicted octanol–water partition coefficient (Wildman–Crippen LogP) is 4.67. The van der Waals surface area contributed by atoms with Crippen molar-refractivity contribution in [1.82, 2.24) is 4.90 Å². The number of nitrogens with zero attached hydrogens (tertiary/aromatic N) is 1. The van der Waals surface area contributed by atoms with Crippen molar-refractivity contribution >= 4 is 11.9 Å². The first-order valence-electron chi connectivity index (χ1n) is 8.38. The molecule has 0 aromatic heterocycles. The lowest BCUT2D eigenvalue weighted by atomic mass is 9.76. The van der Waals surface area contributed by atoms with Gasteiger partial charge < -0.3 is 5.11 Å². The highest BCUT2D eigenvalue weighted by Gasteiger charge is 2.33.